The van der Waals surface area contributed by atoms with Gasteiger partial charge in [0.05, 0.1) is 6.61 Å². The van der Waals surface area contributed by atoms with E-state index in [4.69, 9.17) is 4.74 Å². The van der Waals surface area contributed by atoms with Gasteiger partial charge in [-0.3, -0.25) is 4.90 Å². The maximum atomic E-state index is 5.57. The number of nitrogens with zero attached hydrogens (tertiary/aromatic N) is 1. The van der Waals surface area contributed by atoms with Gasteiger partial charge < -0.3 is 10.1 Å². The zero-order valence-electron chi connectivity index (χ0n) is 12.0. The molecule has 0 aromatic carbocycles. The highest BCUT2D eigenvalue weighted by atomic mass is 16.5. The zero-order valence-corrected chi connectivity index (χ0v) is 12.0. The quantitative estimate of drug-likeness (QED) is 0.731. The van der Waals surface area contributed by atoms with Gasteiger partial charge in [-0.05, 0) is 51.4 Å². The van der Waals surface area contributed by atoms with Crippen molar-refractivity contribution in [1.29, 1.82) is 0 Å². The van der Waals surface area contributed by atoms with E-state index in [-0.39, 0.29) is 0 Å². The van der Waals surface area contributed by atoms with E-state index >= 15 is 0 Å². The molecule has 1 heterocycles. The van der Waals surface area contributed by atoms with Crippen LogP contribution in [0.4, 0.5) is 0 Å². The van der Waals surface area contributed by atoms with Crippen LogP contribution >= 0.6 is 0 Å². The Morgan fingerprint density at radius 2 is 2.06 bits per heavy atom. The van der Waals surface area contributed by atoms with Gasteiger partial charge in [0.25, 0.3) is 0 Å². The Labute approximate surface area is 111 Å². The molecule has 0 radical (unpaired) electrons. The Kier molecular flexibility index (Phi) is 3.65. The van der Waals surface area contributed by atoms with Gasteiger partial charge in [0.15, 0.2) is 0 Å². The average Bonchev–Trinajstić information content (AvgIpc) is 3.20. The second kappa shape index (κ2) is 5.10. The second-order valence-electron chi connectivity index (χ2n) is 6.64. The maximum Gasteiger partial charge on any atom is 0.0593 e. The van der Waals surface area contributed by atoms with Crippen molar-refractivity contribution in [2.75, 3.05) is 32.8 Å². The number of hydrogen-bond donors (Lipinski definition) is 1. The van der Waals surface area contributed by atoms with E-state index < -0.39 is 0 Å². The normalized spacial score (nSPS) is 38.0. The summed E-state index contributed by atoms with van der Waals surface area (Å²) in [6.45, 7) is 9.82. The molecule has 0 bridgehead atoms. The van der Waals surface area contributed by atoms with Crippen molar-refractivity contribution >= 4 is 0 Å². The Morgan fingerprint density at radius 1 is 1.28 bits per heavy atom. The summed E-state index contributed by atoms with van der Waals surface area (Å²) in [5.74, 6) is 1.88. The lowest BCUT2D eigenvalue weighted by Gasteiger charge is -2.47. The summed E-state index contributed by atoms with van der Waals surface area (Å²) in [6.07, 6.45) is 5.74. The van der Waals surface area contributed by atoms with Crippen LogP contribution in [-0.4, -0.2) is 49.3 Å². The van der Waals surface area contributed by atoms with Gasteiger partial charge in [-0.1, -0.05) is 0 Å². The van der Waals surface area contributed by atoms with Crippen molar-refractivity contribution in [2.24, 2.45) is 11.8 Å². The molecule has 2 atom stereocenters. The standard InChI is InChI=1S/C15H28N2O/c1-3-18-9-8-17-11-15(2,13-6-7-13)16-10-14(17)12-4-5-12/h12-14,16H,3-11H2,1-2H3. The molecule has 0 spiro atoms. The molecular weight excluding hydrogens is 224 g/mol. The summed E-state index contributed by atoms with van der Waals surface area (Å²) in [5.41, 5.74) is 0.373. The van der Waals surface area contributed by atoms with Crippen LogP contribution in [0.1, 0.15) is 39.5 Å². The molecule has 2 unspecified atom stereocenters. The van der Waals surface area contributed by atoms with E-state index in [1.165, 1.54) is 38.8 Å². The fourth-order valence-corrected chi connectivity index (χ4v) is 3.57. The van der Waals surface area contributed by atoms with Gasteiger partial charge >= 0.3 is 0 Å². The number of piperazine rings is 1. The second-order valence-corrected chi connectivity index (χ2v) is 6.64. The van der Waals surface area contributed by atoms with Gasteiger partial charge in [0.1, 0.15) is 0 Å². The fourth-order valence-electron chi connectivity index (χ4n) is 3.57. The van der Waals surface area contributed by atoms with E-state index in [2.05, 4.69) is 24.1 Å². The lowest BCUT2D eigenvalue weighted by molar-refractivity contribution is 0.0338. The molecule has 3 aliphatic rings. The van der Waals surface area contributed by atoms with Crippen molar-refractivity contribution in [3.63, 3.8) is 0 Å². The summed E-state index contributed by atoms with van der Waals surface area (Å²) in [6, 6.07) is 0.775. The highest BCUT2D eigenvalue weighted by Gasteiger charge is 2.48. The summed E-state index contributed by atoms with van der Waals surface area (Å²) < 4.78 is 5.57. The lowest BCUT2D eigenvalue weighted by Crippen LogP contribution is -2.64. The molecule has 1 aliphatic heterocycles. The van der Waals surface area contributed by atoms with E-state index in [9.17, 15) is 0 Å². The van der Waals surface area contributed by atoms with Crippen LogP contribution in [0, 0.1) is 11.8 Å². The molecule has 1 saturated heterocycles. The number of nitrogens with one attached hydrogen (secondary N) is 1. The molecule has 3 fully saturated rings. The molecule has 3 nitrogen and oxygen atoms in total. The SMILES string of the molecule is CCOCCN1CC(C)(C2CC2)NCC1C1CC1. The van der Waals surface area contributed by atoms with Crippen LogP contribution in [0.2, 0.25) is 0 Å². The molecule has 0 amide bonds. The minimum absolute atomic E-state index is 0.373. The summed E-state index contributed by atoms with van der Waals surface area (Å²) in [4.78, 5) is 2.72. The summed E-state index contributed by atoms with van der Waals surface area (Å²) >= 11 is 0. The van der Waals surface area contributed by atoms with Crippen molar-refractivity contribution in [3.8, 4) is 0 Å². The Hall–Kier alpha value is -0.120. The molecule has 0 aromatic rings. The predicted molar refractivity (Wildman–Crippen MR) is 73.7 cm³/mol. The first-order valence-corrected chi connectivity index (χ1v) is 7.80. The third-order valence-corrected chi connectivity index (χ3v) is 5.09. The highest BCUT2D eigenvalue weighted by molar-refractivity contribution is 5.06. The number of hydrogen-bond acceptors (Lipinski definition) is 3. The van der Waals surface area contributed by atoms with E-state index in [1.807, 2.05) is 0 Å². The number of rotatable bonds is 6. The number of ether oxygens (including phenoxy) is 1. The van der Waals surface area contributed by atoms with Crippen LogP contribution in [0.25, 0.3) is 0 Å². The van der Waals surface area contributed by atoms with E-state index in [0.717, 1.165) is 37.6 Å². The van der Waals surface area contributed by atoms with Gasteiger partial charge in [-0.2, -0.15) is 0 Å². The Morgan fingerprint density at radius 3 is 2.67 bits per heavy atom. The highest BCUT2D eigenvalue weighted by Crippen LogP contribution is 2.44. The van der Waals surface area contributed by atoms with Gasteiger partial charge in [0.2, 0.25) is 0 Å². The molecule has 18 heavy (non-hydrogen) atoms. The molecular formula is C15H28N2O. The van der Waals surface area contributed by atoms with Crippen molar-refractivity contribution in [3.05, 3.63) is 0 Å². The third-order valence-electron chi connectivity index (χ3n) is 5.09. The van der Waals surface area contributed by atoms with Crippen LogP contribution in [0.3, 0.4) is 0 Å². The van der Waals surface area contributed by atoms with Crippen LogP contribution in [0.5, 0.6) is 0 Å². The minimum atomic E-state index is 0.373. The molecule has 1 N–H and O–H groups in total. The molecule has 0 aromatic heterocycles. The monoisotopic (exact) mass is 252 g/mol. The van der Waals surface area contributed by atoms with Gasteiger partial charge in [0, 0.05) is 37.8 Å². The first-order valence-electron chi connectivity index (χ1n) is 7.80. The fraction of sp³-hybridized carbons (Fsp3) is 1.00. The van der Waals surface area contributed by atoms with Gasteiger partial charge in [-0.25, -0.2) is 0 Å². The molecule has 3 rings (SSSR count). The molecule has 104 valence electrons. The molecule has 2 saturated carbocycles. The van der Waals surface area contributed by atoms with Gasteiger partial charge in [-0.15, -0.1) is 0 Å². The third kappa shape index (κ3) is 2.73. The van der Waals surface area contributed by atoms with Crippen molar-refractivity contribution < 1.29 is 4.74 Å². The maximum absolute atomic E-state index is 5.57. The lowest BCUT2D eigenvalue weighted by atomic mass is 9.90. The first-order chi connectivity index (χ1) is 8.73. The van der Waals surface area contributed by atoms with E-state index in [0.29, 0.717) is 5.54 Å². The minimum Gasteiger partial charge on any atom is -0.380 e. The first kappa shape index (κ1) is 12.9. The average molecular weight is 252 g/mol. The van der Waals surface area contributed by atoms with Crippen molar-refractivity contribution in [1.82, 2.24) is 10.2 Å². The van der Waals surface area contributed by atoms with Crippen LogP contribution < -0.4 is 5.32 Å². The summed E-state index contributed by atoms with van der Waals surface area (Å²) in [5, 5.41) is 3.87. The van der Waals surface area contributed by atoms with Crippen LogP contribution in [-0.2, 0) is 4.74 Å². The van der Waals surface area contributed by atoms with E-state index in [1.54, 1.807) is 0 Å². The zero-order chi connectivity index (χ0) is 12.6. The Balaban J connectivity index is 1.59. The van der Waals surface area contributed by atoms with Crippen molar-refractivity contribution in [2.45, 2.75) is 51.1 Å². The van der Waals surface area contributed by atoms with Crippen LogP contribution in [0.15, 0.2) is 0 Å². The predicted octanol–water partition coefficient (Wildman–Crippen LogP) is 1.88. The summed E-state index contributed by atoms with van der Waals surface area (Å²) in [7, 11) is 0. The topological polar surface area (TPSA) is 24.5 Å². The Bertz CT molecular complexity index is 288. The molecule has 3 heteroatoms. The molecule has 2 aliphatic carbocycles. The largest absolute Gasteiger partial charge is 0.380 e. The smallest absolute Gasteiger partial charge is 0.0593 e.